The van der Waals surface area contributed by atoms with Gasteiger partial charge >= 0.3 is 0 Å². The number of non-ortho nitro benzene ring substituents is 1. The van der Waals surface area contributed by atoms with Crippen LogP contribution in [0.1, 0.15) is 23.2 Å². The number of rotatable bonds is 9. The number of ether oxygens (including phenoxy) is 1. The molecule has 0 heterocycles. The van der Waals surface area contributed by atoms with Crippen molar-refractivity contribution >= 4 is 28.9 Å². The normalized spacial score (nSPS) is 10.2. The number of nitrogens with zero attached hydrogens (tertiary/aromatic N) is 1. The molecule has 138 valence electrons. The van der Waals surface area contributed by atoms with E-state index in [4.69, 9.17) is 16.3 Å². The summed E-state index contributed by atoms with van der Waals surface area (Å²) >= 11 is 5.81. The quantitative estimate of drug-likeness (QED) is 0.393. The molecule has 2 rings (SSSR count). The molecule has 8 heteroatoms. The minimum atomic E-state index is -0.523. The van der Waals surface area contributed by atoms with Crippen molar-refractivity contribution in [2.75, 3.05) is 25.5 Å². The summed E-state index contributed by atoms with van der Waals surface area (Å²) < 4.78 is 5.57. The molecule has 0 saturated heterocycles. The number of unbranched alkanes of at least 4 members (excludes halogenated alkanes) is 1. The number of benzene rings is 2. The molecule has 1 amide bonds. The van der Waals surface area contributed by atoms with Crippen molar-refractivity contribution < 1.29 is 14.5 Å². The van der Waals surface area contributed by atoms with Gasteiger partial charge in [-0.15, -0.1) is 0 Å². The largest absolute Gasteiger partial charge is 0.494 e. The van der Waals surface area contributed by atoms with Crippen LogP contribution in [0.15, 0.2) is 42.5 Å². The molecular formula is C18H20ClN3O4. The smallest absolute Gasteiger partial charge is 0.270 e. The number of anilines is 1. The number of carbonyl (C=O) groups excluding carboxylic acids is 1. The summed E-state index contributed by atoms with van der Waals surface area (Å²) in [6.07, 6.45) is 1.49. The summed E-state index contributed by atoms with van der Waals surface area (Å²) in [4.78, 5) is 22.6. The number of nitro groups is 1. The van der Waals surface area contributed by atoms with Gasteiger partial charge in [0.25, 0.3) is 11.6 Å². The Bertz CT molecular complexity index is 766. The molecule has 0 saturated carbocycles. The van der Waals surface area contributed by atoms with Crippen LogP contribution in [0.25, 0.3) is 0 Å². The van der Waals surface area contributed by atoms with Crippen molar-refractivity contribution in [1.29, 1.82) is 0 Å². The summed E-state index contributed by atoms with van der Waals surface area (Å²) in [5.41, 5.74) is 0.670. The molecule has 0 aliphatic rings. The van der Waals surface area contributed by atoms with E-state index in [2.05, 4.69) is 10.6 Å². The van der Waals surface area contributed by atoms with Gasteiger partial charge in [0.05, 0.1) is 17.1 Å². The summed E-state index contributed by atoms with van der Waals surface area (Å²) in [7, 11) is 1.66. The molecule has 2 N–H and O–H groups in total. The van der Waals surface area contributed by atoms with Crippen molar-refractivity contribution in [2.24, 2.45) is 0 Å². The first-order chi connectivity index (χ1) is 12.5. The zero-order chi connectivity index (χ0) is 18.9. The van der Waals surface area contributed by atoms with E-state index in [-0.39, 0.29) is 17.2 Å². The van der Waals surface area contributed by atoms with Crippen LogP contribution in [-0.2, 0) is 0 Å². The number of hydrogen-bond acceptors (Lipinski definition) is 5. The standard InChI is InChI=1S/C18H20ClN3O4/c1-20-17-9-6-14(22(24)25)12-16(17)18(23)21-10-2-3-11-26-15-7-4-13(19)5-8-15/h4-9,12,20H,2-3,10-11H2,1H3,(H,21,23). The molecule has 0 spiro atoms. The number of nitro benzene ring substituents is 1. The number of amides is 1. The lowest BCUT2D eigenvalue weighted by molar-refractivity contribution is -0.384. The van der Waals surface area contributed by atoms with Crippen molar-refractivity contribution in [2.45, 2.75) is 12.8 Å². The van der Waals surface area contributed by atoms with Crippen LogP contribution in [0.3, 0.4) is 0 Å². The van der Waals surface area contributed by atoms with Gasteiger partial charge in [-0.05, 0) is 43.2 Å². The van der Waals surface area contributed by atoms with Crippen molar-refractivity contribution in [3.05, 3.63) is 63.2 Å². The molecule has 0 fully saturated rings. The van der Waals surface area contributed by atoms with Crippen LogP contribution in [0.4, 0.5) is 11.4 Å². The van der Waals surface area contributed by atoms with Crippen molar-refractivity contribution in [3.8, 4) is 5.75 Å². The summed E-state index contributed by atoms with van der Waals surface area (Å²) in [5, 5.41) is 17.2. The van der Waals surface area contributed by atoms with Crippen molar-refractivity contribution in [1.82, 2.24) is 5.32 Å². The van der Waals surface area contributed by atoms with E-state index in [9.17, 15) is 14.9 Å². The molecule has 0 unspecified atom stereocenters. The Balaban J connectivity index is 1.77. The average molecular weight is 378 g/mol. The van der Waals surface area contributed by atoms with Gasteiger partial charge in [-0.25, -0.2) is 0 Å². The zero-order valence-electron chi connectivity index (χ0n) is 14.3. The van der Waals surface area contributed by atoms with E-state index in [1.807, 2.05) is 0 Å². The first-order valence-corrected chi connectivity index (χ1v) is 8.52. The Morgan fingerprint density at radius 2 is 1.92 bits per heavy atom. The number of hydrogen-bond donors (Lipinski definition) is 2. The maximum absolute atomic E-state index is 12.3. The van der Waals surface area contributed by atoms with Gasteiger partial charge in [-0.3, -0.25) is 14.9 Å². The van der Waals surface area contributed by atoms with E-state index >= 15 is 0 Å². The van der Waals surface area contributed by atoms with Gasteiger partial charge in [0.15, 0.2) is 0 Å². The SMILES string of the molecule is CNc1ccc([N+](=O)[O-])cc1C(=O)NCCCCOc1ccc(Cl)cc1. The molecule has 0 aromatic heterocycles. The van der Waals surface area contributed by atoms with Crippen LogP contribution < -0.4 is 15.4 Å². The Morgan fingerprint density at radius 3 is 2.58 bits per heavy atom. The fourth-order valence-corrected chi connectivity index (χ4v) is 2.42. The number of halogens is 1. The average Bonchev–Trinajstić information content (AvgIpc) is 2.65. The maximum Gasteiger partial charge on any atom is 0.270 e. The topological polar surface area (TPSA) is 93.5 Å². The molecule has 2 aromatic carbocycles. The van der Waals surface area contributed by atoms with Gasteiger partial charge in [-0.2, -0.15) is 0 Å². The predicted octanol–water partition coefficient (Wildman–Crippen LogP) is 3.88. The second kappa shape index (κ2) is 9.62. The summed E-state index contributed by atoms with van der Waals surface area (Å²) in [6.45, 7) is 0.977. The first kappa shape index (κ1) is 19.5. The lowest BCUT2D eigenvalue weighted by Gasteiger charge is -2.10. The zero-order valence-corrected chi connectivity index (χ0v) is 15.1. The van der Waals surface area contributed by atoms with Crippen LogP contribution >= 0.6 is 11.6 Å². The van der Waals surface area contributed by atoms with Crippen LogP contribution in [0.5, 0.6) is 5.75 Å². The molecule has 0 radical (unpaired) electrons. The van der Waals surface area contributed by atoms with E-state index < -0.39 is 4.92 Å². The highest BCUT2D eigenvalue weighted by atomic mass is 35.5. The summed E-state index contributed by atoms with van der Waals surface area (Å²) in [5.74, 6) is 0.394. The second-order valence-electron chi connectivity index (χ2n) is 5.50. The minimum Gasteiger partial charge on any atom is -0.494 e. The van der Waals surface area contributed by atoms with Gasteiger partial charge < -0.3 is 15.4 Å². The van der Waals surface area contributed by atoms with E-state index in [0.29, 0.717) is 23.9 Å². The van der Waals surface area contributed by atoms with Crippen LogP contribution in [0, 0.1) is 10.1 Å². The highest BCUT2D eigenvalue weighted by molar-refractivity contribution is 6.30. The molecular weight excluding hydrogens is 358 g/mol. The predicted molar refractivity (Wildman–Crippen MR) is 101 cm³/mol. The molecule has 26 heavy (non-hydrogen) atoms. The molecule has 0 atom stereocenters. The molecule has 0 aliphatic carbocycles. The van der Waals surface area contributed by atoms with E-state index in [0.717, 1.165) is 18.6 Å². The highest BCUT2D eigenvalue weighted by Crippen LogP contribution is 2.21. The monoisotopic (exact) mass is 377 g/mol. The van der Waals surface area contributed by atoms with Crippen LogP contribution in [-0.4, -0.2) is 31.0 Å². The summed E-state index contributed by atoms with van der Waals surface area (Å²) in [6, 6.07) is 11.3. The van der Waals surface area contributed by atoms with Gasteiger partial charge in [-0.1, -0.05) is 11.6 Å². The van der Waals surface area contributed by atoms with Crippen molar-refractivity contribution in [3.63, 3.8) is 0 Å². The number of carbonyl (C=O) groups is 1. The molecule has 0 bridgehead atoms. The highest BCUT2D eigenvalue weighted by Gasteiger charge is 2.15. The fourth-order valence-electron chi connectivity index (χ4n) is 2.30. The lowest BCUT2D eigenvalue weighted by atomic mass is 10.1. The Morgan fingerprint density at radius 1 is 1.19 bits per heavy atom. The third-order valence-electron chi connectivity index (χ3n) is 3.67. The minimum absolute atomic E-state index is 0.120. The Kier molecular flexibility index (Phi) is 7.23. The molecule has 2 aromatic rings. The Hall–Kier alpha value is -2.80. The lowest BCUT2D eigenvalue weighted by Crippen LogP contribution is -2.25. The third kappa shape index (κ3) is 5.63. The molecule has 0 aliphatic heterocycles. The van der Waals surface area contributed by atoms with Gasteiger partial charge in [0.2, 0.25) is 0 Å². The maximum atomic E-state index is 12.3. The Labute approximate surface area is 156 Å². The van der Waals surface area contributed by atoms with E-state index in [1.54, 1.807) is 31.3 Å². The second-order valence-corrected chi connectivity index (χ2v) is 5.94. The third-order valence-corrected chi connectivity index (χ3v) is 3.92. The van der Waals surface area contributed by atoms with Crippen LogP contribution in [0.2, 0.25) is 5.02 Å². The van der Waals surface area contributed by atoms with Gasteiger partial charge in [0, 0.05) is 36.4 Å². The van der Waals surface area contributed by atoms with Gasteiger partial charge in [0.1, 0.15) is 5.75 Å². The molecule has 7 nitrogen and oxygen atoms in total. The number of nitrogens with one attached hydrogen (secondary N) is 2. The van der Waals surface area contributed by atoms with E-state index in [1.165, 1.54) is 18.2 Å². The fraction of sp³-hybridized carbons (Fsp3) is 0.278. The first-order valence-electron chi connectivity index (χ1n) is 8.14.